The van der Waals surface area contributed by atoms with E-state index in [4.69, 9.17) is 0 Å². The van der Waals surface area contributed by atoms with Crippen LogP contribution in [0.1, 0.15) is 49.4 Å². The molecule has 0 N–H and O–H groups in total. The molecule has 0 saturated carbocycles. The molecule has 0 aliphatic heterocycles. The predicted molar refractivity (Wildman–Crippen MR) is 330 cm³/mol. The number of benzene rings is 12. The highest BCUT2D eigenvalue weighted by Crippen LogP contribution is 2.56. The molecule has 0 amide bonds. The Morgan fingerprint density at radius 2 is 0.821 bits per heavy atom. The van der Waals surface area contributed by atoms with Crippen LogP contribution < -0.4 is 20.2 Å². The number of anilines is 5. The predicted octanol–water partition coefficient (Wildman–Crippen LogP) is 18.5. The minimum Gasteiger partial charge on any atom is -0.311 e. The van der Waals surface area contributed by atoms with Gasteiger partial charge in [-0.2, -0.15) is 0 Å². The van der Waals surface area contributed by atoms with Crippen molar-refractivity contribution >= 4 is 82.7 Å². The summed E-state index contributed by atoms with van der Waals surface area (Å²) in [5.74, 6) is 0. The molecule has 0 saturated heterocycles. The van der Waals surface area contributed by atoms with Crippen molar-refractivity contribution in [1.29, 1.82) is 0 Å². The maximum Gasteiger partial charge on any atom is 0.0468 e. The van der Waals surface area contributed by atoms with Crippen LogP contribution in [0.4, 0.5) is 28.4 Å². The topological polar surface area (TPSA) is 6.48 Å². The molecule has 1 atom stereocenters. The third-order valence-corrected chi connectivity index (χ3v) is 17.4. The second-order valence-corrected chi connectivity index (χ2v) is 22.2. The first-order valence-corrected chi connectivity index (χ1v) is 27.5. The van der Waals surface area contributed by atoms with Crippen molar-refractivity contribution in [2.24, 2.45) is 5.41 Å². The van der Waals surface area contributed by atoms with Gasteiger partial charge in [0.1, 0.15) is 0 Å². The Bertz CT molecular complexity index is 4630. The zero-order valence-electron chi connectivity index (χ0n) is 44.1. The lowest BCUT2D eigenvalue weighted by molar-refractivity contribution is 0.544. The lowest BCUT2D eigenvalue weighted by Crippen LogP contribution is -2.44. The van der Waals surface area contributed by atoms with Crippen LogP contribution in [0.25, 0.3) is 65.4 Å². The Balaban J connectivity index is 1.03. The Labute approximate surface area is 456 Å². The molecule has 0 fully saturated rings. The van der Waals surface area contributed by atoms with Crippen molar-refractivity contribution in [2.75, 3.05) is 9.80 Å². The number of rotatable bonds is 8. The summed E-state index contributed by atoms with van der Waals surface area (Å²) in [6.07, 6.45) is 5.87. The Morgan fingerprint density at radius 1 is 0.333 bits per heavy atom. The van der Waals surface area contributed by atoms with Gasteiger partial charge in [0.25, 0.3) is 0 Å². The molecule has 3 aliphatic carbocycles. The molecule has 0 spiro atoms. The molecule has 12 aromatic rings. The van der Waals surface area contributed by atoms with E-state index in [1.165, 1.54) is 104 Å². The van der Waals surface area contributed by atoms with E-state index in [0.29, 0.717) is 0 Å². The highest BCUT2D eigenvalue weighted by molar-refractivity contribution is 6.04. The Kier molecular flexibility index (Phi) is 10.5. The molecule has 3 aliphatic rings. The van der Waals surface area contributed by atoms with E-state index in [0.717, 1.165) is 40.6 Å². The van der Waals surface area contributed by atoms with Crippen molar-refractivity contribution in [3.05, 3.63) is 317 Å². The molecule has 0 aromatic heterocycles. The lowest BCUT2D eigenvalue weighted by atomic mass is 9.61. The van der Waals surface area contributed by atoms with Crippen LogP contribution in [0.2, 0.25) is 0 Å². The minimum absolute atomic E-state index is 0.322. The van der Waals surface area contributed by atoms with Gasteiger partial charge in [0, 0.05) is 45.0 Å². The summed E-state index contributed by atoms with van der Waals surface area (Å²) in [7, 11) is 0. The fourth-order valence-electron chi connectivity index (χ4n) is 13.6. The van der Waals surface area contributed by atoms with Gasteiger partial charge in [0.05, 0.1) is 0 Å². The van der Waals surface area contributed by atoms with E-state index in [2.05, 4.69) is 304 Å². The minimum atomic E-state index is -0.439. The molecule has 0 bridgehead atoms. The molecule has 370 valence electrons. The van der Waals surface area contributed by atoms with Crippen LogP contribution in [0, 0.1) is 5.41 Å². The third kappa shape index (κ3) is 7.17. The van der Waals surface area contributed by atoms with Gasteiger partial charge in [-0.3, -0.25) is 0 Å². The molecular weight excluding hydrogens is 941 g/mol. The monoisotopic (exact) mass is 996 g/mol. The van der Waals surface area contributed by atoms with E-state index < -0.39 is 5.41 Å². The smallest absolute Gasteiger partial charge is 0.0468 e. The average Bonchev–Trinajstić information content (AvgIpc) is 3.18. The van der Waals surface area contributed by atoms with Gasteiger partial charge in [0.15, 0.2) is 0 Å². The molecule has 15 rings (SSSR count). The van der Waals surface area contributed by atoms with E-state index in [1.54, 1.807) is 0 Å². The van der Waals surface area contributed by atoms with Gasteiger partial charge in [0.2, 0.25) is 0 Å². The lowest BCUT2D eigenvalue weighted by Gasteiger charge is -2.43. The van der Waals surface area contributed by atoms with Gasteiger partial charge >= 0.3 is 0 Å². The fraction of sp³-hybridized carbons (Fsp3) is 0.0789. The van der Waals surface area contributed by atoms with Crippen molar-refractivity contribution in [3.8, 4) is 11.1 Å². The first-order chi connectivity index (χ1) is 38.3. The number of fused-ring (bicyclic) bond motifs is 9. The second-order valence-electron chi connectivity index (χ2n) is 22.2. The maximum atomic E-state index is 2.62. The number of allylic oxidation sites excluding steroid dienone is 3. The molecule has 2 nitrogen and oxygen atoms in total. The summed E-state index contributed by atoms with van der Waals surface area (Å²) < 4.78 is 0. The zero-order chi connectivity index (χ0) is 52.1. The van der Waals surface area contributed by atoms with Gasteiger partial charge in [-0.1, -0.05) is 215 Å². The highest BCUT2D eigenvalue weighted by atomic mass is 15.2. The number of para-hydroxylation sites is 2. The molecule has 0 heterocycles. The average molecular weight is 997 g/mol. The SMILES string of the molecule is CC12CC=C(N(c3ccccc3)c3ccc4ccccc4c3)C=C1C(c1cccc3ccccc13)=c1cc3c(cc1=C2c1cccc2ccccc12)C(C)(C)c1cc(N(c2ccccc2)c2ccc4ccccc4c2)ccc1-3. The van der Waals surface area contributed by atoms with Gasteiger partial charge < -0.3 is 9.80 Å². The number of hydrogen-bond acceptors (Lipinski definition) is 2. The Hall–Kier alpha value is -9.50. The van der Waals surface area contributed by atoms with Crippen molar-refractivity contribution < 1.29 is 0 Å². The van der Waals surface area contributed by atoms with Crippen LogP contribution >= 0.6 is 0 Å². The summed E-state index contributed by atoms with van der Waals surface area (Å²) in [4.78, 5) is 4.90. The third-order valence-electron chi connectivity index (χ3n) is 17.4. The second kappa shape index (κ2) is 17.8. The van der Waals surface area contributed by atoms with Gasteiger partial charge in [-0.15, -0.1) is 0 Å². The molecule has 1 unspecified atom stereocenters. The summed E-state index contributed by atoms with van der Waals surface area (Å²) in [5.41, 5.74) is 17.9. The molecule has 0 radical (unpaired) electrons. The van der Waals surface area contributed by atoms with Crippen LogP contribution in [-0.4, -0.2) is 0 Å². The standard InChI is InChI=1S/C76H56N2/c1-75(2)70-46-60(77(56-28-6-4-7-29-56)58-38-36-50-20-10-12-24-54(50)44-58)40-41-64(70)67-48-68-69(49-71(67)75)74(66-35-19-27-53-23-15-17-33-63(53)66)76(3)43-42-61(47-72(76)73(68)65-34-18-26-52-22-14-16-32-62(52)65)78(57-30-8-5-9-31-57)59-39-37-51-21-11-13-25-55(51)45-59/h4-42,44-49H,43H2,1-3H3. The summed E-state index contributed by atoms with van der Waals surface area (Å²) in [5, 5.41) is 12.5. The van der Waals surface area contributed by atoms with E-state index in [9.17, 15) is 0 Å². The zero-order valence-corrected chi connectivity index (χ0v) is 44.1. The summed E-state index contributed by atoms with van der Waals surface area (Å²) in [6.45, 7) is 7.42. The van der Waals surface area contributed by atoms with E-state index in [-0.39, 0.29) is 5.41 Å². The molecule has 78 heavy (non-hydrogen) atoms. The molecular formula is C76H56N2. The van der Waals surface area contributed by atoms with Gasteiger partial charge in [-0.25, -0.2) is 0 Å². The summed E-state index contributed by atoms with van der Waals surface area (Å²) in [6, 6.07) is 97.1. The van der Waals surface area contributed by atoms with Crippen LogP contribution in [0.5, 0.6) is 0 Å². The largest absolute Gasteiger partial charge is 0.311 e. The fourth-order valence-corrected chi connectivity index (χ4v) is 13.6. The molecule has 12 aromatic carbocycles. The van der Waals surface area contributed by atoms with Crippen LogP contribution in [-0.2, 0) is 5.41 Å². The van der Waals surface area contributed by atoms with Gasteiger partial charge in [-0.05, 0) is 189 Å². The van der Waals surface area contributed by atoms with Crippen molar-refractivity contribution in [2.45, 2.75) is 32.6 Å². The van der Waals surface area contributed by atoms with Crippen molar-refractivity contribution in [3.63, 3.8) is 0 Å². The van der Waals surface area contributed by atoms with Crippen LogP contribution in [0.15, 0.2) is 284 Å². The first-order valence-electron chi connectivity index (χ1n) is 27.5. The first kappa shape index (κ1) is 45.9. The van der Waals surface area contributed by atoms with E-state index in [1.807, 2.05) is 0 Å². The summed E-state index contributed by atoms with van der Waals surface area (Å²) >= 11 is 0. The Morgan fingerprint density at radius 3 is 1.46 bits per heavy atom. The quantitative estimate of drug-likeness (QED) is 0.150. The maximum absolute atomic E-state index is 2.62. The highest BCUT2D eigenvalue weighted by Gasteiger charge is 2.44. The van der Waals surface area contributed by atoms with Crippen LogP contribution in [0.3, 0.4) is 0 Å². The van der Waals surface area contributed by atoms with E-state index >= 15 is 0 Å². The molecule has 2 heteroatoms. The number of hydrogen-bond donors (Lipinski definition) is 0. The van der Waals surface area contributed by atoms with Crippen molar-refractivity contribution in [1.82, 2.24) is 0 Å². The number of nitrogens with zero attached hydrogens (tertiary/aromatic N) is 2. The normalized spacial score (nSPS) is 16.1.